The van der Waals surface area contributed by atoms with E-state index in [2.05, 4.69) is 5.43 Å². The number of amides is 1. The SMILES string of the molecule is CC(C)N(C)C(=O)c1cc([N+](=O)[O-])ccc1NN. The zero-order chi connectivity index (χ0) is 13.9. The third-order valence-corrected chi connectivity index (χ3v) is 2.69. The van der Waals surface area contributed by atoms with Gasteiger partial charge in [0.05, 0.1) is 16.2 Å². The lowest BCUT2D eigenvalue weighted by molar-refractivity contribution is -0.384. The predicted octanol–water partition coefficient (Wildman–Crippen LogP) is 1.36. The Labute approximate surface area is 105 Å². The Hall–Kier alpha value is -2.15. The molecule has 0 bridgehead atoms. The number of carbonyl (C=O) groups excluding carboxylic acids is 1. The smallest absolute Gasteiger partial charge is 0.270 e. The number of nitrogens with one attached hydrogen (secondary N) is 1. The zero-order valence-corrected chi connectivity index (χ0v) is 10.5. The van der Waals surface area contributed by atoms with Gasteiger partial charge >= 0.3 is 0 Å². The van der Waals surface area contributed by atoms with Crippen LogP contribution in [-0.2, 0) is 0 Å². The Morgan fingerprint density at radius 2 is 2.11 bits per heavy atom. The fourth-order valence-corrected chi connectivity index (χ4v) is 1.37. The summed E-state index contributed by atoms with van der Waals surface area (Å²) in [6, 6.07) is 3.92. The largest absolute Gasteiger partial charge is 0.339 e. The summed E-state index contributed by atoms with van der Waals surface area (Å²) in [5.41, 5.74) is 2.76. The minimum absolute atomic E-state index is 0.0117. The molecule has 0 unspecified atom stereocenters. The van der Waals surface area contributed by atoms with Gasteiger partial charge in [-0.2, -0.15) is 0 Å². The average Bonchev–Trinajstić information content (AvgIpc) is 2.35. The quantitative estimate of drug-likeness (QED) is 0.478. The van der Waals surface area contributed by atoms with Crippen LogP contribution in [0.1, 0.15) is 24.2 Å². The molecule has 1 rings (SSSR count). The van der Waals surface area contributed by atoms with Gasteiger partial charge in [0, 0.05) is 25.2 Å². The van der Waals surface area contributed by atoms with E-state index in [-0.39, 0.29) is 23.2 Å². The van der Waals surface area contributed by atoms with E-state index in [0.717, 1.165) is 0 Å². The van der Waals surface area contributed by atoms with Crippen LogP contribution in [0.3, 0.4) is 0 Å². The lowest BCUT2D eigenvalue weighted by Gasteiger charge is -2.22. The van der Waals surface area contributed by atoms with E-state index < -0.39 is 4.92 Å². The number of rotatable bonds is 4. The molecule has 0 aliphatic carbocycles. The van der Waals surface area contributed by atoms with Crippen LogP contribution >= 0.6 is 0 Å². The van der Waals surface area contributed by atoms with E-state index >= 15 is 0 Å². The average molecular weight is 252 g/mol. The highest BCUT2D eigenvalue weighted by Gasteiger charge is 2.20. The first-order chi connectivity index (χ1) is 8.38. The summed E-state index contributed by atoms with van der Waals surface area (Å²) in [5, 5.41) is 10.7. The van der Waals surface area contributed by atoms with Crippen molar-refractivity contribution in [3.8, 4) is 0 Å². The number of nitrogen functional groups attached to an aromatic ring is 1. The summed E-state index contributed by atoms with van der Waals surface area (Å²) >= 11 is 0. The molecule has 0 aliphatic rings. The van der Waals surface area contributed by atoms with Crippen molar-refractivity contribution in [2.24, 2.45) is 5.84 Å². The van der Waals surface area contributed by atoms with Crippen molar-refractivity contribution < 1.29 is 9.72 Å². The second kappa shape index (κ2) is 5.46. The third-order valence-electron chi connectivity index (χ3n) is 2.69. The molecule has 7 nitrogen and oxygen atoms in total. The molecular formula is C11H16N4O3. The van der Waals surface area contributed by atoms with Crippen LogP contribution in [0.5, 0.6) is 0 Å². The molecule has 0 radical (unpaired) electrons. The van der Waals surface area contributed by atoms with Crippen LogP contribution in [0, 0.1) is 10.1 Å². The van der Waals surface area contributed by atoms with E-state index in [9.17, 15) is 14.9 Å². The predicted molar refractivity (Wildman–Crippen MR) is 68.1 cm³/mol. The molecule has 0 fully saturated rings. The lowest BCUT2D eigenvalue weighted by Crippen LogP contribution is -2.33. The maximum absolute atomic E-state index is 12.1. The summed E-state index contributed by atoms with van der Waals surface area (Å²) in [5.74, 6) is 4.98. The van der Waals surface area contributed by atoms with E-state index in [1.807, 2.05) is 13.8 Å². The molecule has 0 saturated carbocycles. The first kappa shape index (κ1) is 13.9. The van der Waals surface area contributed by atoms with Gasteiger partial charge in [0.15, 0.2) is 0 Å². The van der Waals surface area contributed by atoms with Crippen LogP contribution in [0.25, 0.3) is 0 Å². The number of hydrogen-bond acceptors (Lipinski definition) is 5. The molecule has 0 aliphatic heterocycles. The maximum atomic E-state index is 12.1. The number of anilines is 1. The Bertz CT molecular complexity index is 473. The second-order valence-electron chi connectivity index (χ2n) is 4.14. The molecule has 0 aromatic heterocycles. The molecule has 1 aromatic rings. The third kappa shape index (κ3) is 2.75. The molecule has 98 valence electrons. The number of carbonyl (C=O) groups is 1. The molecule has 18 heavy (non-hydrogen) atoms. The Kier molecular flexibility index (Phi) is 4.22. The number of nitrogens with two attached hydrogens (primary N) is 1. The highest BCUT2D eigenvalue weighted by molar-refractivity contribution is 6.00. The maximum Gasteiger partial charge on any atom is 0.270 e. The molecule has 0 atom stereocenters. The monoisotopic (exact) mass is 252 g/mol. The van der Waals surface area contributed by atoms with E-state index in [1.54, 1.807) is 7.05 Å². The van der Waals surface area contributed by atoms with Crippen molar-refractivity contribution in [2.75, 3.05) is 12.5 Å². The van der Waals surface area contributed by atoms with Gasteiger partial charge in [-0.05, 0) is 19.9 Å². The minimum atomic E-state index is -0.549. The van der Waals surface area contributed by atoms with Crippen molar-refractivity contribution in [3.63, 3.8) is 0 Å². The number of non-ortho nitro benzene ring substituents is 1. The minimum Gasteiger partial charge on any atom is -0.339 e. The van der Waals surface area contributed by atoms with Crippen LogP contribution in [0.4, 0.5) is 11.4 Å². The Morgan fingerprint density at radius 3 is 2.56 bits per heavy atom. The van der Waals surface area contributed by atoms with E-state index in [4.69, 9.17) is 5.84 Å². The number of nitro benzene ring substituents is 1. The fourth-order valence-electron chi connectivity index (χ4n) is 1.37. The Morgan fingerprint density at radius 1 is 1.50 bits per heavy atom. The Balaban J connectivity index is 3.23. The number of nitrogens with zero attached hydrogens (tertiary/aromatic N) is 2. The van der Waals surface area contributed by atoms with Crippen molar-refractivity contribution in [1.82, 2.24) is 4.90 Å². The molecule has 1 aromatic carbocycles. The normalized spacial score (nSPS) is 10.3. The summed E-state index contributed by atoms with van der Waals surface area (Å²) < 4.78 is 0. The van der Waals surface area contributed by atoms with Gasteiger partial charge in [0.1, 0.15) is 0 Å². The molecule has 0 spiro atoms. The van der Waals surface area contributed by atoms with Crippen molar-refractivity contribution >= 4 is 17.3 Å². The first-order valence-electron chi connectivity index (χ1n) is 5.40. The van der Waals surface area contributed by atoms with Gasteiger partial charge < -0.3 is 10.3 Å². The van der Waals surface area contributed by atoms with Crippen LogP contribution < -0.4 is 11.3 Å². The zero-order valence-electron chi connectivity index (χ0n) is 10.5. The van der Waals surface area contributed by atoms with Gasteiger partial charge in [0.2, 0.25) is 0 Å². The molecule has 7 heteroatoms. The van der Waals surface area contributed by atoms with Gasteiger partial charge in [-0.25, -0.2) is 0 Å². The van der Waals surface area contributed by atoms with Crippen LogP contribution in [0.15, 0.2) is 18.2 Å². The number of hydrazine groups is 1. The van der Waals surface area contributed by atoms with E-state index in [0.29, 0.717) is 5.69 Å². The van der Waals surface area contributed by atoms with E-state index in [1.165, 1.54) is 23.1 Å². The molecule has 0 heterocycles. The van der Waals surface area contributed by atoms with Crippen molar-refractivity contribution in [3.05, 3.63) is 33.9 Å². The highest BCUT2D eigenvalue weighted by atomic mass is 16.6. The summed E-state index contributed by atoms with van der Waals surface area (Å²) in [6.07, 6.45) is 0. The van der Waals surface area contributed by atoms with Gasteiger partial charge in [0.25, 0.3) is 11.6 Å². The van der Waals surface area contributed by atoms with Gasteiger partial charge in [-0.1, -0.05) is 0 Å². The highest BCUT2D eigenvalue weighted by Crippen LogP contribution is 2.23. The van der Waals surface area contributed by atoms with Crippen LogP contribution in [-0.4, -0.2) is 28.8 Å². The first-order valence-corrected chi connectivity index (χ1v) is 5.40. The molecule has 1 amide bonds. The standard InChI is InChI=1S/C11H16N4O3/c1-7(2)14(3)11(16)9-6-8(15(17)18)4-5-10(9)13-12/h4-7,13H,12H2,1-3H3. The van der Waals surface area contributed by atoms with Crippen molar-refractivity contribution in [2.45, 2.75) is 19.9 Å². The fraction of sp³-hybridized carbons (Fsp3) is 0.364. The molecule has 0 saturated heterocycles. The molecule has 3 N–H and O–H groups in total. The lowest BCUT2D eigenvalue weighted by atomic mass is 10.1. The number of hydrogen-bond donors (Lipinski definition) is 2. The second-order valence-corrected chi connectivity index (χ2v) is 4.14. The molecular weight excluding hydrogens is 236 g/mol. The number of benzene rings is 1. The summed E-state index contributed by atoms with van der Waals surface area (Å²) in [6.45, 7) is 3.70. The summed E-state index contributed by atoms with van der Waals surface area (Å²) in [4.78, 5) is 23.8. The van der Waals surface area contributed by atoms with Gasteiger partial charge in [-0.15, -0.1) is 0 Å². The topological polar surface area (TPSA) is 102 Å². The summed E-state index contributed by atoms with van der Waals surface area (Å²) in [7, 11) is 1.63. The van der Waals surface area contributed by atoms with Crippen molar-refractivity contribution in [1.29, 1.82) is 0 Å². The number of nitro groups is 1. The van der Waals surface area contributed by atoms with Crippen LogP contribution in [0.2, 0.25) is 0 Å². The van der Waals surface area contributed by atoms with Gasteiger partial charge in [-0.3, -0.25) is 20.8 Å².